The number of piperidine rings is 1. The van der Waals surface area contributed by atoms with Crippen LogP contribution in [0.1, 0.15) is 23.2 Å². The molecular formula is C19H25N3O4S. The highest BCUT2D eigenvalue weighted by Crippen LogP contribution is 2.39. The molecule has 1 aromatic carbocycles. The van der Waals surface area contributed by atoms with Crippen LogP contribution < -0.4 is 24.4 Å². The first kappa shape index (κ1) is 19.3. The molecule has 27 heavy (non-hydrogen) atoms. The molecule has 1 saturated heterocycles. The van der Waals surface area contributed by atoms with Gasteiger partial charge in [-0.2, -0.15) is 0 Å². The van der Waals surface area contributed by atoms with E-state index in [0.29, 0.717) is 35.3 Å². The maximum absolute atomic E-state index is 12.7. The second-order valence-corrected chi connectivity index (χ2v) is 7.23. The van der Waals surface area contributed by atoms with Crippen molar-refractivity contribution in [3.63, 3.8) is 0 Å². The van der Waals surface area contributed by atoms with E-state index in [1.165, 1.54) is 14.2 Å². The van der Waals surface area contributed by atoms with Crippen LogP contribution in [-0.2, 0) is 0 Å². The first-order valence-electron chi connectivity index (χ1n) is 8.89. The SMILES string of the molecule is COc1ccc(C(=O)NCC2CCCN(c3nccs3)C2)c(OC)c1OC. The van der Waals surface area contributed by atoms with Crippen LogP contribution in [0.2, 0.25) is 0 Å². The van der Waals surface area contributed by atoms with Crippen molar-refractivity contribution in [2.24, 2.45) is 5.92 Å². The molecule has 1 aromatic heterocycles. The molecule has 7 nitrogen and oxygen atoms in total. The van der Waals surface area contributed by atoms with Crippen LogP contribution in [0.5, 0.6) is 17.2 Å². The lowest BCUT2D eigenvalue weighted by Crippen LogP contribution is -2.41. The van der Waals surface area contributed by atoms with Crippen molar-refractivity contribution in [1.82, 2.24) is 10.3 Å². The molecule has 0 bridgehead atoms. The Morgan fingerprint density at radius 3 is 2.74 bits per heavy atom. The zero-order chi connectivity index (χ0) is 19.2. The van der Waals surface area contributed by atoms with Crippen LogP contribution in [0, 0.1) is 5.92 Å². The number of hydrogen-bond acceptors (Lipinski definition) is 7. The van der Waals surface area contributed by atoms with Crippen molar-refractivity contribution in [3.8, 4) is 17.2 Å². The number of ether oxygens (including phenoxy) is 3. The van der Waals surface area contributed by atoms with Gasteiger partial charge in [0.2, 0.25) is 5.75 Å². The van der Waals surface area contributed by atoms with Gasteiger partial charge in [-0.25, -0.2) is 4.98 Å². The molecule has 1 unspecified atom stereocenters. The van der Waals surface area contributed by atoms with Crippen LogP contribution in [0.3, 0.4) is 0 Å². The van der Waals surface area contributed by atoms with Crippen molar-refractivity contribution in [2.45, 2.75) is 12.8 Å². The van der Waals surface area contributed by atoms with Gasteiger partial charge in [0.1, 0.15) is 0 Å². The van der Waals surface area contributed by atoms with Crippen molar-refractivity contribution < 1.29 is 19.0 Å². The van der Waals surface area contributed by atoms with E-state index < -0.39 is 0 Å². The molecule has 146 valence electrons. The zero-order valence-corrected chi connectivity index (χ0v) is 16.7. The van der Waals surface area contributed by atoms with Gasteiger partial charge in [0.25, 0.3) is 5.91 Å². The van der Waals surface area contributed by atoms with E-state index in [9.17, 15) is 4.79 Å². The largest absolute Gasteiger partial charge is 0.493 e. The fourth-order valence-corrected chi connectivity index (χ4v) is 4.07. The summed E-state index contributed by atoms with van der Waals surface area (Å²) in [6.07, 6.45) is 4.01. The Kier molecular flexibility index (Phi) is 6.39. The van der Waals surface area contributed by atoms with Crippen LogP contribution in [0.25, 0.3) is 0 Å². The van der Waals surface area contributed by atoms with Gasteiger partial charge in [-0.15, -0.1) is 11.3 Å². The molecule has 8 heteroatoms. The number of thiazole rings is 1. The molecule has 1 fully saturated rings. The summed E-state index contributed by atoms with van der Waals surface area (Å²) in [7, 11) is 4.59. The minimum atomic E-state index is -0.181. The van der Waals surface area contributed by atoms with Crippen molar-refractivity contribution in [1.29, 1.82) is 0 Å². The Morgan fingerprint density at radius 1 is 1.26 bits per heavy atom. The summed E-state index contributed by atoms with van der Waals surface area (Å²) in [5.74, 6) is 1.52. The number of benzene rings is 1. The molecule has 1 aliphatic heterocycles. The molecule has 0 aliphatic carbocycles. The Labute approximate surface area is 163 Å². The highest BCUT2D eigenvalue weighted by atomic mass is 32.1. The second-order valence-electron chi connectivity index (χ2n) is 6.36. The van der Waals surface area contributed by atoms with Crippen molar-refractivity contribution in [2.75, 3.05) is 45.9 Å². The number of carbonyl (C=O) groups excluding carboxylic acids is 1. The number of anilines is 1. The lowest BCUT2D eigenvalue weighted by molar-refractivity contribution is 0.0942. The summed E-state index contributed by atoms with van der Waals surface area (Å²) < 4.78 is 16.0. The van der Waals surface area contributed by atoms with E-state index >= 15 is 0 Å². The molecule has 1 N–H and O–H groups in total. The summed E-state index contributed by atoms with van der Waals surface area (Å²) in [6.45, 7) is 2.52. The highest BCUT2D eigenvalue weighted by molar-refractivity contribution is 7.13. The summed E-state index contributed by atoms with van der Waals surface area (Å²) in [5.41, 5.74) is 0.433. The average Bonchev–Trinajstić information content (AvgIpc) is 3.25. The Morgan fingerprint density at radius 2 is 2.07 bits per heavy atom. The zero-order valence-electron chi connectivity index (χ0n) is 15.9. The fraction of sp³-hybridized carbons (Fsp3) is 0.474. The third-order valence-electron chi connectivity index (χ3n) is 4.71. The minimum absolute atomic E-state index is 0.181. The molecule has 0 radical (unpaired) electrons. The quantitative estimate of drug-likeness (QED) is 0.782. The van der Waals surface area contributed by atoms with Crippen LogP contribution >= 0.6 is 11.3 Å². The number of carbonyl (C=O) groups is 1. The first-order chi connectivity index (χ1) is 13.2. The monoisotopic (exact) mass is 391 g/mol. The average molecular weight is 391 g/mol. The molecule has 1 atom stereocenters. The first-order valence-corrected chi connectivity index (χ1v) is 9.77. The van der Waals surface area contributed by atoms with Gasteiger partial charge in [0.15, 0.2) is 16.6 Å². The summed E-state index contributed by atoms with van der Waals surface area (Å²) in [6, 6.07) is 3.40. The number of nitrogens with zero attached hydrogens (tertiary/aromatic N) is 2. The van der Waals surface area contributed by atoms with Crippen molar-refractivity contribution in [3.05, 3.63) is 29.3 Å². The van der Waals surface area contributed by atoms with E-state index in [-0.39, 0.29) is 5.91 Å². The molecule has 1 amide bonds. The van der Waals surface area contributed by atoms with Gasteiger partial charge in [0, 0.05) is 31.2 Å². The van der Waals surface area contributed by atoms with Crippen LogP contribution in [0.4, 0.5) is 5.13 Å². The summed E-state index contributed by atoms with van der Waals surface area (Å²) in [5, 5.41) is 6.08. The number of methoxy groups -OCH3 is 3. The van der Waals surface area contributed by atoms with Crippen LogP contribution in [-0.4, -0.2) is 51.9 Å². The number of hydrogen-bond donors (Lipinski definition) is 1. The van der Waals surface area contributed by atoms with E-state index in [4.69, 9.17) is 14.2 Å². The summed E-state index contributed by atoms with van der Waals surface area (Å²) in [4.78, 5) is 19.4. The summed E-state index contributed by atoms with van der Waals surface area (Å²) >= 11 is 1.65. The Hall–Kier alpha value is -2.48. The van der Waals surface area contributed by atoms with E-state index in [1.807, 2.05) is 11.6 Å². The molecule has 0 saturated carbocycles. The lowest BCUT2D eigenvalue weighted by atomic mass is 9.98. The van der Waals surface area contributed by atoms with Gasteiger partial charge in [0.05, 0.1) is 26.9 Å². The Bertz CT molecular complexity index is 767. The molecular weight excluding hydrogens is 366 g/mol. The predicted octanol–water partition coefficient (Wildman–Crippen LogP) is 2.82. The number of rotatable bonds is 7. The second kappa shape index (κ2) is 8.94. The third-order valence-corrected chi connectivity index (χ3v) is 5.54. The number of nitrogens with one attached hydrogen (secondary N) is 1. The highest BCUT2D eigenvalue weighted by Gasteiger charge is 2.24. The topological polar surface area (TPSA) is 72.9 Å². The number of amides is 1. The van der Waals surface area contributed by atoms with Gasteiger partial charge in [-0.1, -0.05) is 0 Å². The molecule has 2 heterocycles. The predicted molar refractivity (Wildman–Crippen MR) is 105 cm³/mol. The lowest BCUT2D eigenvalue weighted by Gasteiger charge is -2.32. The van der Waals surface area contributed by atoms with E-state index in [2.05, 4.69) is 15.2 Å². The van der Waals surface area contributed by atoms with Gasteiger partial charge >= 0.3 is 0 Å². The molecule has 1 aliphatic rings. The smallest absolute Gasteiger partial charge is 0.255 e. The molecule has 2 aromatic rings. The van der Waals surface area contributed by atoms with E-state index in [1.54, 1.807) is 30.6 Å². The normalized spacial score (nSPS) is 16.7. The molecule has 0 spiro atoms. The maximum Gasteiger partial charge on any atom is 0.255 e. The van der Waals surface area contributed by atoms with Crippen molar-refractivity contribution >= 4 is 22.4 Å². The van der Waals surface area contributed by atoms with Gasteiger partial charge < -0.3 is 24.4 Å². The third kappa shape index (κ3) is 4.27. The fourth-order valence-electron chi connectivity index (χ4n) is 3.39. The number of aromatic nitrogens is 1. The standard InChI is InChI=1S/C19H25N3O4S/c1-24-15-7-6-14(16(25-2)17(15)26-3)18(23)21-11-13-5-4-9-22(12-13)19-20-8-10-27-19/h6-8,10,13H,4-5,9,11-12H2,1-3H3,(H,21,23). The van der Waals surface area contributed by atoms with Crippen LogP contribution in [0.15, 0.2) is 23.7 Å². The van der Waals surface area contributed by atoms with Gasteiger partial charge in [-0.3, -0.25) is 4.79 Å². The maximum atomic E-state index is 12.7. The Balaban J connectivity index is 1.65. The minimum Gasteiger partial charge on any atom is -0.493 e. The van der Waals surface area contributed by atoms with Gasteiger partial charge in [-0.05, 0) is 30.9 Å². The van der Waals surface area contributed by atoms with E-state index in [0.717, 1.165) is 31.1 Å². The molecule has 3 rings (SSSR count).